The van der Waals surface area contributed by atoms with Crippen molar-refractivity contribution < 1.29 is 22.7 Å². The number of rotatable bonds is 4. The molecule has 27 heavy (non-hydrogen) atoms. The second-order valence-electron chi connectivity index (χ2n) is 6.61. The van der Waals surface area contributed by atoms with E-state index in [9.17, 15) is 18.0 Å². The Morgan fingerprint density at radius 3 is 2.78 bits per heavy atom. The molecule has 0 aliphatic carbocycles. The lowest BCUT2D eigenvalue weighted by Gasteiger charge is -2.20. The summed E-state index contributed by atoms with van der Waals surface area (Å²) >= 11 is 0. The van der Waals surface area contributed by atoms with E-state index in [4.69, 9.17) is 4.74 Å². The molecule has 1 fully saturated rings. The van der Waals surface area contributed by atoms with E-state index in [1.807, 2.05) is 0 Å². The smallest absolute Gasteiger partial charge is 0.227 e. The van der Waals surface area contributed by atoms with Crippen LogP contribution < -0.4 is 15.4 Å². The minimum atomic E-state index is -3.38. The van der Waals surface area contributed by atoms with Gasteiger partial charge in [-0.15, -0.1) is 0 Å². The Labute approximate surface area is 160 Å². The summed E-state index contributed by atoms with van der Waals surface area (Å²) in [5, 5.41) is 5.63. The Bertz CT molecular complexity index is 766. The van der Waals surface area contributed by atoms with E-state index in [1.165, 1.54) is 4.31 Å². The summed E-state index contributed by atoms with van der Waals surface area (Å²) in [4.78, 5) is 24.6. The number of methoxy groups -OCH3 is 1. The van der Waals surface area contributed by atoms with Crippen molar-refractivity contribution in [1.29, 1.82) is 0 Å². The monoisotopic (exact) mass is 397 g/mol. The van der Waals surface area contributed by atoms with Crippen LogP contribution in [0.15, 0.2) is 24.3 Å². The molecule has 0 aromatic heterocycles. The number of amides is 2. The van der Waals surface area contributed by atoms with E-state index in [0.717, 1.165) is 6.26 Å². The van der Waals surface area contributed by atoms with Gasteiger partial charge in [0.1, 0.15) is 5.75 Å². The van der Waals surface area contributed by atoms with E-state index in [-0.39, 0.29) is 30.7 Å². The number of hydrogen-bond donors (Lipinski definition) is 2. The van der Waals surface area contributed by atoms with Crippen LogP contribution in [-0.2, 0) is 19.6 Å². The van der Waals surface area contributed by atoms with E-state index < -0.39 is 10.0 Å². The first-order valence-electron chi connectivity index (χ1n) is 8.96. The van der Waals surface area contributed by atoms with Crippen molar-refractivity contribution in [3.8, 4) is 5.75 Å². The lowest BCUT2D eigenvalue weighted by atomic mass is 9.98. The van der Waals surface area contributed by atoms with Gasteiger partial charge in [-0.3, -0.25) is 9.59 Å². The number of benzene rings is 1. The summed E-state index contributed by atoms with van der Waals surface area (Å²) in [6.07, 6.45) is 2.85. The molecule has 0 radical (unpaired) electrons. The molecule has 150 valence electrons. The van der Waals surface area contributed by atoms with Crippen LogP contribution >= 0.6 is 0 Å². The molecule has 2 amide bonds. The van der Waals surface area contributed by atoms with Gasteiger partial charge in [-0.05, 0) is 31.4 Å². The third-order valence-corrected chi connectivity index (χ3v) is 5.84. The van der Waals surface area contributed by atoms with Gasteiger partial charge in [0, 0.05) is 43.7 Å². The molecule has 9 heteroatoms. The molecule has 0 saturated carbocycles. The normalized spacial score (nSPS) is 20.2. The molecule has 1 unspecified atom stereocenters. The molecule has 1 aliphatic heterocycles. The predicted octanol–water partition coefficient (Wildman–Crippen LogP) is 1.20. The van der Waals surface area contributed by atoms with Crippen molar-refractivity contribution in [2.24, 2.45) is 5.92 Å². The minimum absolute atomic E-state index is 0.119. The van der Waals surface area contributed by atoms with Gasteiger partial charge in [0.2, 0.25) is 21.8 Å². The van der Waals surface area contributed by atoms with E-state index in [1.54, 1.807) is 31.4 Å². The zero-order valence-corrected chi connectivity index (χ0v) is 16.5. The number of hydrogen-bond acceptors (Lipinski definition) is 5. The standard InChI is InChI=1S/C18H27N3O5S/c1-26-16-7-3-6-15(13-16)20-18(23)14-5-4-11-21(27(2,24)25)12-9-17(22)19-10-8-14/h3,6-7,13-14H,4-5,8-12H2,1-2H3,(H,19,22)(H,20,23). The highest BCUT2D eigenvalue weighted by Crippen LogP contribution is 2.20. The fourth-order valence-corrected chi connectivity index (χ4v) is 3.89. The molecule has 1 heterocycles. The van der Waals surface area contributed by atoms with E-state index >= 15 is 0 Å². The second-order valence-corrected chi connectivity index (χ2v) is 8.59. The topological polar surface area (TPSA) is 105 Å². The van der Waals surface area contributed by atoms with Gasteiger partial charge in [-0.2, -0.15) is 0 Å². The number of carbonyl (C=O) groups is 2. The van der Waals surface area contributed by atoms with Gasteiger partial charge in [-0.25, -0.2) is 12.7 Å². The van der Waals surface area contributed by atoms with Crippen LogP contribution in [-0.4, -0.2) is 57.5 Å². The third kappa shape index (κ3) is 6.84. The highest BCUT2D eigenvalue weighted by atomic mass is 32.2. The average Bonchev–Trinajstić information content (AvgIpc) is 2.65. The van der Waals surface area contributed by atoms with Gasteiger partial charge in [0.15, 0.2) is 0 Å². The Kier molecular flexibility index (Phi) is 7.61. The summed E-state index contributed by atoms with van der Waals surface area (Å²) in [7, 11) is -1.83. The molecule has 0 spiro atoms. The van der Waals surface area contributed by atoms with Gasteiger partial charge < -0.3 is 15.4 Å². The van der Waals surface area contributed by atoms with E-state index in [0.29, 0.717) is 43.8 Å². The minimum Gasteiger partial charge on any atom is -0.497 e. The van der Waals surface area contributed by atoms with Crippen molar-refractivity contribution in [2.45, 2.75) is 25.7 Å². The molecule has 1 aromatic rings. The van der Waals surface area contributed by atoms with Crippen LogP contribution in [0.2, 0.25) is 0 Å². The van der Waals surface area contributed by atoms with Gasteiger partial charge in [0.25, 0.3) is 0 Å². The largest absolute Gasteiger partial charge is 0.497 e. The predicted molar refractivity (Wildman–Crippen MR) is 103 cm³/mol. The highest BCUT2D eigenvalue weighted by molar-refractivity contribution is 7.88. The number of anilines is 1. The second kappa shape index (κ2) is 9.70. The lowest BCUT2D eigenvalue weighted by molar-refractivity contribution is -0.122. The average molecular weight is 397 g/mol. The molecule has 1 atom stereocenters. The lowest BCUT2D eigenvalue weighted by Crippen LogP contribution is -2.35. The molecule has 1 aliphatic rings. The maximum atomic E-state index is 12.7. The zero-order valence-electron chi connectivity index (χ0n) is 15.7. The zero-order chi connectivity index (χ0) is 19.9. The Balaban J connectivity index is 2.05. The van der Waals surface area contributed by atoms with Crippen molar-refractivity contribution >= 4 is 27.5 Å². The van der Waals surface area contributed by atoms with Crippen molar-refractivity contribution in [2.75, 3.05) is 38.3 Å². The SMILES string of the molecule is COc1cccc(NC(=O)C2CCCN(S(C)(=O)=O)CCC(=O)NCC2)c1. The van der Waals surface area contributed by atoms with Crippen molar-refractivity contribution in [3.63, 3.8) is 0 Å². The molecular weight excluding hydrogens is 370 g/mol. The maximum absolute atomic E-state index is 12.7. The molecule has 1 saturated heterocycles. The fourth-order valence-electron chi connectivity index (χ4n) is 3.01. The summed E-state index contributed by atoms with van der Waals surface area (Å²) in [6.45, 7) is 0.842. The highest BCUT2D eigenvalue weighted by Gasteiger charge is 2.23. The van der Waals surface area contributed by atoms with Gasteiger partial charge in [-0.1, -0.05) is 6.07 Å². The molecule has 1 aromatic carbocycles. The first kappa shape index (κ1) is 21.2. The number of sulfonamides is 1. The van der Waals surface area contributed by atoms with Crippen LogP contribution in [0.3, 0.4) is 0 Å². The first-order valence-corrected chi connectivity index (χ1v) is 10.8. The molecule has 8 nitrogen and oxygen atoms in total. The van der Waals surface area contributed by atoms with Crippen molar-refractivity contribution in [3.05, 3.63) is 24.3 Å². The molecule has 2 rings (SSSR count). The number of ether oxygens (including phenoxy) is 1. The van der Waals surface area contributed by atoms with Crippen molar-refractivity contribution in [1.82, 2.24) is 9.62 Å². The summed E-state index contributed by atoms with van der Waals surface area (Å²) < 4.78 is 30.2. The maximum Gasteiger partial charge on any atom is 0.227 e. The van der Waals surface area contributed by atoms with Crippen LogP contribution in [0.5, 0.6) is 5.75 Å². The number of nitrogens with one attached hydrogen (secondary N) is 2. The van der Waals surface area contributed by atoms with Gasteiger partial charge >= 0.3 is 0 Å². The van der Waals surface area contributed by atoms with Gasteiger partial charge in [0.05, 0.1) is 13.4 Å². The first-order chi connectivity index (χ1) is 12.8. The number of nitrogens with zero attached hydrogens (tertiary/aromatic N) is 1. The summed E-state index contributed by atoms with van der Waals surface area (Å²) in [5.74, 6) is -0.0394. The fraction of sp³-hybridized carbons (Fsp3) is 0.556. The van der Waals surface area contributed by atoms with E-state index in [2.05, 4.69) is 10.6 Å². The van der Waals surface area contributed by atoms with Crippen LogP contribution in [0.4, 0.5) is 5.69 Å². The number of carbonyl (C=O) groups excluding carboxylic acids is 2. The molecular formula is C18H27N3O5S. The third-order valence-electron chi connectivity index (χ3n) is 4.54. The van der Waals surface area contributed by atoms with Crippen LogP contribution in [0.25, 0.3) is 0 Å². The molecule has 2 N–H and O–H groups in total. The summed E-state index contributed by atoms with van der Waals surface area (Å²) in [6, 6.07) is 7.09. The Morgan fingerprint density at radius 1 is 1.30 bits per heavy atom. The summed E-state index contributed by atoms with van der Waals surface area (Å²) in [5.41, 5.74) is 0.635. The Hall–Kier alpha value is -2.13. The van der Waals surface area contributed by atoms with Crippen LogP contribution in [0.1, 0.15) is 25.7 Å². The Morgan fingerprint density at radius 2 is 2.07 bits per heavy atom. The van der Waals surface area contributed by atoms with Crippen LogP contribution in [0, 0.1) is 5.92 Å². The molecule has 0 bridgehead atoms. The quantitative estimate of drug-likeness (QED) is 0.794.